The summed E-state index contributed by atoms with van der Waals surface area (Å²) in [6, 6.07) is 14.0. The van der Waals surface area contributed by atoms with E-state index in [0.717, 1.165) is 11.4 Å². The van der Waals surface area contributed by atoms with Crippen LogP contribution in [0.1, 0.15) is 25.0 Å². The Balaban J connectivity index is 1.64. The highest BCUT2D eigenvalue weighted by atomic mass is 19.3. The van der Waals surface area contributed by atoms with E-state index in [2.05, 4.69) is 40.6 Å². The molecule has 0 amide bonds. The van der Waals surface area contributed by atoms with Gasteiger partial charge in [-0.3, -0.25) is 0 Å². The fraction of sp³-hybridized carbons (Fsp3) is 0.217. The summed E-state index contributed by atoms with van der Waals surface area (Å²) >= 11 is 0. The number of para-hydroxylation sites is 1. The minimum Gasteiger partial charge on any atom is -0.435 e. The summed E-state index contributed by atoms with van der Waals surface area (Å²) in [5.41, 5.74) is 3.60. The quantitative estimate of drug-likeness (QED) is 0.537. The van der Waals surface area contributed by atoms with Crippen molar-refractivity contribution in [2.75, 3.05) is 11.9 Å². The largest absolute Gasteiger partial charge is 0.435 e. The molecule has 2 heterocycles. The van der Waals surface area contributed by atoms with Crippen LogP contribution in [0, 0.1) is 0 Å². The van der Waals surface area contributed by atoms with Crippen LogP contribution in [-0.4, -0.2) is 25.5 Å². The number of halogens is 2. The number of nitrogens with zero attached hydrogens (tertiary/aromatic N) is 2. The van der Waals surface area contributed by atoms with Gasteiger partial charge in [0.15, 0.2) is 5.70 Å². The molecule has 2 aromatic carbocycles. The lowest BCUT2D eigenvalue weighted by Crippen LogP contribution is -2.22. The summed E-state index contributed by atoms with van der Waals surface area (Å²) in [6.07, 6.45) is 3.48. The van der Waals surface area contributed by atoms with Gasteiger partial charge in [-0.25, -0.2) is 9.79 Å². The topological polar surface area (TPSA) is 51.1 Å². The molecule has 0 spiro atoms. The third kappa shape index (κ3) is 3.47. The van der Waals surface area contributed by atoms with Crippen LogP contribution in [0.15, 0.2) is 77.1 Å². The summed E-state index contributed by atoms with van der Waals surface area (Å²) in [5.74, 6) is -0.586. The molecule has 0 saturated carbocycles. The van der Waals surface area contributed by atoms with E-state index >= 15 is 0 Å². The standard InChI is InChI=1S/C23H20F2N2O3/c1-23(2)16-9-4-5-10-18(16)27(3)19(23)12-11-17-21(28)30-20(26-17)14-7-6-8-15(13-14)29-22(24)25/h4-13,22H,1-3H3. The van der Waals surface area contributed by atoms with Gasteiger partial charge in [0.05, 0.1) is 0 Å². The summed E-state index contributed by atoms with van der Waals surface area (Å²) < 4.78 is 34.5. The first-order valence-electron chi connectivity index (χ1n) is 9.39. The molecule has 0 saturated heterocycles. The maximum absolute atomic E-state index is 12.4. The molecule has 2 aliphatic rings. The first kappa shape index (κ1) is 19.8. The van der Waals surface area contributed by atoms with Crippen molar-refractivity contribution in [3.8, 4) is 5.75 Å². The molecule has 0 N–H and O–H groups in total. The second-order valence-corrected chi connectivity index (χ2v) is 7.52. The maximum Gasteiger partial charge on any atom is 0.387 e. The average Bonchev–Trinajstić information content (AvgIpc) is 3.16. The average molecular weight is 410 g/mol. The van der Waals surface area contributed by atoms with Gasteiger partial charge in [-0.1, -0.05) is 38.1 Å². The Bertz CT molecular complexity index is 1100. The van der Waals surface area contributed by atoms with Crippen LogP contribution >= 0.6 is 0 Å². The van der Waals surface area contributed by atoms with Gasteiger partial charge in [0, 0.05) is 29.4 Å². The number of fused-ring (bicyclic) bond motifs is 1. The van der Waals surface area contributed by atoms with Crippen LogP contribution < -0.4 is 9.64 Å². The summed E-state index contributed by atoms with van der Waals surface area (Å²) in [6.45, 7) is 1.30. The molecule has 30 heavy (non-hydrogen) atoms. The van der Waals surface area contributed by atoms with Gasteiger partial charge in [-0.15, -0.1) is 0 Å². The van der Waals surface area contributed by atoms with Crippen LogP contribution in [0.2, 0.25) is 0 Å². The third-order valence-corrected chi connectivity index (χ3v) is 5.27. The number of cyclic esters (lactones) is 1. The first-order valence-corrected chi connectivity index (χ1v) is 9.39. The van der Waals surface area contributed by atoms with Crippen molar-refractivity contribution < 1.29 is 23.0 Å². The Kier molecular flexibility index (Phi) is 4.89. The molecule has 0 atom stereocenters. The van der Waals surface area contributed by atoms with Crippen molar-refractivity contribution >= 4 is 17.6 Å². The molecular formula is C23H20F2N2O3. The van der Waals surface area contributed by atoms with E-state index in [9.17, 15) is 13.6 Å². The third-order valence-electron chi connectivity index (χ3n) is 5.27. The SMILES string of the molecule is CN1C(=CC=C2N=C(c3cccc(OC(F)F)c3)OC2=O)C(C)(C)c2ccccc21. The van der Waals surface area contributed by atoms with Crippen molar-refractivity contribution in [1.29, 1.82) is 0 Å². The smallest absolute Gasteiger partial charge is 0.387 e. The Morgan fingerprint density at radius 1 is 1.13 bits per heavy atom. The van der Waals surface area contributed by atoms with Crippen LogP contribution in [0.4, 0.5) is 14.5 Å². The zero-order valence-corrected chi connectivity index (χ0v) is 16.7. The Hall–Kier alpha value is -3.48. The predicted octanol–water partition coefficient (Wildman–Crippen LogP) is 4.79. The number of likely N-dealkylation sites (N-methyl/N-ethyl adjacent to an activating group) is 1. The molecule has 0 fully saturated rings. The number of ether oxygens (including phenoxy) is 2. The molecule has 2 aliphatic heterocycles. The minimum absolute atomic E-state index is 0.0344. The van der Waals surface area contributed by atoms with Crippen LogP contribution in [-0.2, 0) is 14.9 Å². The number of hydrogen-bond acceptors (Lipinski definition) is 5. The number of carbonyl (C=O) groups is 1. The highest BCUT2D eigenvalue weighted by molar-refractivity contribution is 6.11. The number of benzene rings is 2. The highest BCUT2D eigenvalue weighted by Crippen LogP contribution is 2.46. The fourth-order valence-electron chi connectivity index (χ4n) is 3.81. The minimum atomic E-state index is -2.94. The Morgan fingerprint density at radius 2 is 1.90 bits per heavy atom. The number of esters is 1. The summed E-state index contributed by atoms with van der Waals surface area (Å²) in [5, 5.41) is 0. The highest BCUT2D eigenvalue weighted by Gasteiger charge is 2.38. The molecule has 5 nitrogen and oxygen atoms in total. The second kappa shape index (κ2) is 7.40. The van der Waals surface area contributed by atoms with Crippen molar-refractivity contribution in [1.82, 2.24) is 0 Å². The number of alkyl halides is 2. The lowest BCUT2D eigenvalue weighted by molar-refractivity contribution is -0.130. The number of rotatable bonds is 4. The number of allylic oxidation sites excluding steroid dienone is 3. The monoisotopic (exact) mass is 410 g/mol. The molecule has 0 bridgehead atoms. The second-order valence-electron chi connectivity index (χ2n) is 7.52. The van der Waals surface area contributed by atoms with Crippen LogP contribution in [0.3, 0.4) is 0 Å². The van der Waals surface area contributed by atoms with Gasteiger partial charge in [-0.05, 0) is 42.0 Å². The van der Waals surface area contributed by atoms with E-state index in [-0.39, 0.29) is 22.8 Å². The van der Waals surface area contributed by atoms with Gasteiger partial charge in [0.25, 0.3) is 0 Å². The lowest BCUT2D eigenvalue weighted by Gasteiger charge is -2.23. The predicted molar refractivity (Wildman–Crippen MR) is 110 cm³/mol. The zero-order chi connectivity index (χ0) is 21.5. The fourth-order valence-corrected chi connectivity index (χ4v) is 3.81. The number of anilines is 1. The molecule has 154 valence electrons. The molecule has 0 radical (unpaired) electrons. The van der Waals surface area contributed by atoms with E-state index in [0.29, 0.717) is 5.56 Å². The summed E-state index contributed by atoms with van der Waals surface area (Å²) in [4.78, 5) is 18.6. The summed E-state index contributed by atoms with van der Waals surface area (Å²) in [7, 11) is 1.98. The van der Waals surface area contributed by atoms with Gasteiger partial charge >= 0.3 is 12.6 Å². The van der Waals surface area contributed by atoms with Gasteiger partial charge in [-0.2, -0.15) is 8.78 Å². The maximum atomic E-state index is 12.4. The molecule has 0 aliphatic carbocycles. The number of aliphatic imine (C=N–C) groups is 1. The van der Waals surface area contributed by atoms with E-state index in [1.165, 1.54) is 23.8 Å². The van der Waals surface area contributed by atoms with Crippen molar-refractivity contribution in [3.63, 3.8) is 0 Å². The van der Waals surface area contributed by atoms with Gasteiger partial charge in [0.2, 0.25) is 5.90 Å². The molecule has 0 unspecified atom stereocenters. The van der Waals surface area contributed by atoms with E-state index in [1.54, 1.807) is 12.1 Å². The van der Waals surface area contributed by atoms with E-state index < -0.39 is 12.6 Å². The molecule has 2 aromatic rings. The van der Waals surface area contributed by atoms with Crippen molar-refractivity contribution in [2.45, 2.75) is 25.9 Å². The number of carbonyl (C=O) groups excluding carboxylic acids is 1. The normalized spacial score (nSPS) is 20.0. The van der Waals surface area contributed by atoms with E-state index in [4.69, 9.17) is 4.74 Å². The van der Waals surface area contributed by atoms with Crippen molar-refractivity contribution in [2.24, 2.45) is 4.99 Å². The number of hydrogen-bond donors (Lipinski definition) is 0. The van der Waals surface area contributed by atoms with Gasteiger partial charge < -0.3 is 14.4 Å². The Morgan fingerprint density at radius 3 is 2.63 bits per heavy atom. The zero-order valence-electron chi connectivity index (χ0n) is 16.7. The van der Waals surface area contributed by atoms with Gasteiger partial charge in [0.1, 0.15) is 5.75 Å². The molecular weight excluding hydrogens is 390 g/mol. The molecule has 0 aromatic heterocycles. The van der Waals surface area contributed by atoms with Crippen molar-refractivity contribution in [3.05, 3.63) is 83.2 Å². The van der Waals surface area contributed by atoms with E-state index in [1.807, 2.05) is 25.3 Å². The first-order chi connectivity index (χ1) is 14.3. The Labute approximate surface area is 172 Å². The van der Waals surface area contributed by atoms with Crippen LogP contribution in [0.5, 0.6) is 5.75 Å². The van der Waals surface area contributed by atoms with Crippen LogP contribution in [0.25, 0.3) is 0 Å². The lowest BCUT2D eigenvalue weighted by atomic mass is 9.84. The molecule has 7 heteroatoms. The molecule has 4 rings (SSSR count).